The lowest BCUT2D eigenvalue weighted by atomic mass is 10.0. The lowest BCUT2D eigenvalue weighted by Gasteiger charge is -2.08. The maximum Gasteiger partial charge on any atom is 0.00898 e. The van der Waals surface area contributed by atoms with Crippen molar-refractivity contribution in [3.63, 3.8) is 0 Å². The molecule has 0 aromatic rings. The molecule has 1 aliphatic carbocycles. The molecule has 1 aliphatic heterocycles. The third-order valence-corrected chi connectivity index (χ3v) is 1.53. The van der Waals surface area contributed by atoms with Crippen LogP contribution in [-0.4, -0.2) is 0 Å². The number of allylic oxidation sites excluding steroid dienone is 5. The van der Waals surface area contributed by atoms with Gasteiger partial charge in [0.15, 0.2) is 0 Å². The minimum atomic E-state index is 1.20. The Morgan fingerprint density at radius 3 is 3.20 bits per heavy atom. The van der Waals surface area contributed by atoms with Gasteiger partial charge in [-0.25, -0.2) is 0 Å². The van der Waals surface area contributed by atoms with Crippen LogP contribution in [0.25, 0.3) is 0 Å². The lowest BCUT2D eigenvalue weighted by molar-refractivity contribution is 1.14. The fourth-order valence-corrected chi connectivity index (χ4v) is 1.01. The summed E-state index contributed by atoms with van der Waals surface area (Å²) >= 11 is 0. The molecule has 0 bridgehead atoms. The van der Waals surface area contributed by atoms with Crippen molar-refractivity contribution in [3.05, 3.63) is 53.6 Å². The molecule has 0 spiro atoms. The molecule has 0 unspecified atom stereocenters. The Morgan fingerprint density at radius 2 is 2.30 bits per heavy atom. The largest absolute Gasteiger partial charge is 0.367 e. The second kappa shape index (κ2) is 2.05. The van der Waals surface area contributed by atoms with Crippen LogP contribution in [0.15, 0.2) is 53.6 Å². The van der Waals surface area contributed by atoms with Crippen molar-refractivity contribution in [2.24, 2.45) is 0 Å². The van der Waals surface area contributed by atoms with Crippen LogP contribution in [0.4, 0.5) is 0 Å². The molecule has 0 aromatic carbocycles. The molecule has 0 radical (unpaired) electrons. The topological polar surface area (TPSA) is 12.0 Å². The summed E-state index contributed by atoms with van der Waals surface area (Å²) in [6.07, 6.45) is 11.9. The van der Waals surface area contributed by atoms with Gasteiger partial charge in [-0.15, -0.1) is 5.73 Å². The van der Waals surface area contributed by atoms with Crippen molar-refractivity contribution in [2.75, 3.05) is 0 Å². The Balaban J connectivity index is 2.51. The SMILES string of the molecule is C1=CC=C2C=CNC=C2C=1. The molecule has 1 heterocycles. The zero-order valence-corrected chi connectivity index (χ0v) is 5.46. The number of hydrogen-bond acceptors (Lipinski definition) is 1. The minimum absolute atomic E-state index is 1.20. The number of rotatable bonds is 0. The molecular formula is C9H7N. The molecule has 0 atom stereocenters. The van der Waals surface area contributed by atoms with Gasteiger partial charge in [-0.1, -0.05) is 0 Å². The van der Waals surface area contributed by atoms with Crippen molar-refractivity contribution < 1.29 is 0 Å². The summed E-state index contributed by atoms with van der Waals surface area (Å²) in [4.78, 5) is 0. The average molecular weight is 129 g/mol. The number of dihydropyridines is 1. The molecule has 0 saturated carbocycles. The Labute approximate surface area is 59.7 Å². The number of hydrogen-bond donors (Lipinski definition) is 1. The summed E-state index contributed by atoms with van der Waals surface area (Å²) in [6.45, 7) is 0. The van der Waals surface area contributed by atoms with Gasteiger partial charge < -0.3 is 5.32 Å². The van der Waals surface area contributed by atoms with Crippen molar-refractivity contribution >= 4 is 0 Å². The molecule has 2 rings (SSSR count). The third kappa shape index (κ3) is 0.734. The zero-order chi connectivity index (χ0) is 6.81. The molecule has 0 saturated heterocycles. The predicted octanol–water partition coefficient (Wildman–Crippen LogP) is 1.64. The first kappa shape index (κ1) is 5.33. The van der Waals surface area contributed by atoms with Crippen LogP contribution in [-0.2, 0) is 0 Å². The molecule has 10 heavy (non-hydrogen) atoms. The zero-order valence-electron chi connectivity index (χ0n) is 5.46. The Bertz CT molecular complexity index is 297. The highest BCUT2D eigenvalue weighted by Crippen LogP contribution is 2.17. The van der Waals surface area contributed by atoms with Crippen molar-refractivity contribution in [2.45, 2.75) is 0 Å². The maximum absolute atomic E-state index is 3.02. The summed E-state index contributed by atoms with van der Waals surface area (Å²) in [5.74, 6) is 0. The Kier molecular flexibility index (Phi) is 1.09. The summed E-state index contributed by atoms with van der Waals surface area (Å²) in [6, 6.07) is 0. The number of nitrogens with one attached hydrogen (secondary N) is 1. The van der Waals surface area contributed by atoms with E-state index in [-0.39, 0.29) is 0 Å². The first-order chi connectivity index (χ1) is 4.97. The molecule has 0 aromatic heterocycles. The molecule has 0 amide bonds. The van der Waals surface area contributed by atoms with Crippen LogP contribution >= 0.6 is 0 Å². The van der Waals surface area contributed by atoms with E-state index in [0.717, 1.165) is 0 Å². The van der Waals surface area contributed by atoms with Crippen LogP contribution in [0.1, 0.15) is 0 Å². The van der Waals surface area contributed by atoms with E-state index in [4.69, 9.17) is 0 Å². The van der Waals surface area contributed by atoms with Gasteiger partial charge in [0.05, 0.1) is 0 Å². The van der Waals surface area contributed by atoms with E-state index in [9.17, 15) is 0 Å². The smallest absolute Gasteiger partial charge is 0.00898 e. The van der Waals surface area contributed by atoms with Gasteiger partial charge in [0.25, 0.3) is 0 Å². The predicted molar refractivity (Wildman–Crippen MR) is 41.1 cm³/mol. The van der Waals surface area contributed by atoms with Crippen LogP contribution in [0.3, 0.4) is 0 Å². The molecular weight excluding hydrogens is 122 g/mol. The molecule has 2 aliphatic rings. The van der Waals surface area contributed by atoms with Gasteiger partial charge in [0, 0.05) is 18.0 Å². The van der Waals surface area contributed by atoms with Crippen LogP contribution in [0, 0.1) is 0 Å². The molecule has 1 heteroatoms. The van der Waals surface area contributed by atoms with Crippen LogP contribution in [0.2, 0.25) is 0 Å². The van der Waals surface area contributed by atoms with E-state index in [2.05, 4.69) is 11.0 Å². The van der Waals surface area contributed by atoms with Crippen molar-refractivity contribution in [3.8, 4) is 0 Å². The molecule has 1 N–H and O–H groups in total. The molecule has 48 valence electrons. The minimum Gasteiger partial charge on any atom is -0.367 e. The monoisotopic (exact) mass is 129 g/mol. The summed E-state index contributed by atoms with van der Waals surface area (Å²) in [5, 5.41) is 3.02. The first-order valence-electron chi connectivity index (χ1n) is 3.23. The average Bonchev–Trinajstić information content (AvgIpc) is 2.05. The first-order valence-corrected chi connectivity index (χ1v) is 3.23. The second-order valence-electron chi connectivity index (χ2n) is 2.20. The van der Waals surface area contributed by atoms with Gasteiger partial charge in [-0.05, 0) is 29.9 Å². The normalized spacial score (nSPS) is 19.2. The van der Waals surface area contributed by atoms with Crippen LogP contribution < -0.4 is 5.32 Å². The van der Waals surface area contributed by atoms with Gasteiger partial charge in [-0.3, -0.25) is 0 Å². The molecule has 1 nitrogen and oxygen atoms in total. The quantitative estimate of drug-likeness (QED) is 0.490. The van der Waals surface area contributed by atoms with E-state index in [0.29, 0.717) is 0 Å². The van der Waals surface area contributed by atoms with Gasteiger partial charge in [0.1, 0.15) is 0 Å². The van der Waals surface area contributed by atoms with Crippen molar-refractivity contribution in [1.29, 1.82) is 0 Å². The lowest BCUT2D eigenvalue weighted by Crippen LogP contribution is -2.02. The van der Waals surface area contributed by atoms with E-state index in [1.165, 1.54) is 11.1 Å². The van der Waals surface area contributed by atoms with Crippen LogP contribution in [0.5, 0.6) is 0 Å². The Morgan fingerprint density at radius 1 is 1.30 bits per heavy atom. The third-order valence-electron chi connectivity index (χ3n) is 1.53. The van der Waals surface area contributed by atoms with E-state index >= 15 is 0 Å². The van der Waals surface area contributed by atoms with Gasteiger partial charge >= 0.3 is 0 Å². The van der Waals surface area contributed by atoms with Gasteiger partial charge in [-0.2, -0.15) is 0 Å². The summed E-state index contributed by atoms with van der Waals surface area (Å²) < 4.78 is 0. The van der Waals surface area contributed by atoms with Crippen molar-refractivity contribution in [1.82, 2.24) is 5.32 Å². The van der Waals surface area contributed by atoms with E-state index in [1.54, 1.807) is 0 Å². The maximum atomic E-state index is 3.02. The summed E-state index contributed by atoms with van der Waals surface area (Å²) in [5.41, 5.74) is 5.46. The summed E-state index contributed by atoms with van der Waals surface area (Å²) in [7, 11) is 0. The highest BCUT2D eigenvalue weighted by molar-refractivity contribution is 5.51. The van der Waals surface area contributed by atoms with E-state index in [1.807, 2.05) is 36.7 Å². The highest BCUT2D eigenvalue weighted by Gasteiger charge is 2.01. The number of fused-ring (bicyclic) bond motifs is 1. The standard InChI is InChI=1S/C9H7N/c1-2-4-9-7-10-6-5-8(9)3-1/h1,3-7,10H. The fraction of sp³-hybridized carbons (Fsp3) is 0. The second-order valence-corrected chi connectivity index (χ2v) is 2.20. The van der Waals surface area contributed by atoms with E-state index < -0.39 is 0 Å². The van der Waals surface area contributed by atoms with Gasteiger partial charge in [0.2, 0.25) is 0 Å². The Hall–Kier alpha value is -1.46. The fourth-order valence-electron chi connectivity index (χ4n) is 1.01. The highest BCUT2D eigenvalue weighted by atomic mass is 14.8. The molecule has 0 fully saturated rings.